The molecular weight excluding hydrogens is 334 g/mol. The molecule has 0 radical (unpaired) electrons. The molecule has 0 aliphatic rings. The van der Waals surface area contributed by atoms with Crippen molar-refractivity contribution < 1.29 is 9.53 Å². The summed E-state index contributed by atoms with van der Waals surface area (Å²) in [6.07, 6.45) is 0. The molecule has 0 fully saturated rings. The largest absolute Gasteiger partial charge is 0.459 e. The number of carbonyl (C=O) groups is 1. The van der Waals surface area contributed by atoms with Crippen LogP contribution in [0.5, 0.6) is 0 Å². The van der Waals surface area contributed by atoms with Gasteiger partial charge in [-0.25, -0.2) is 0 Å². The van der Waals surface area contributed by atoms with E-state index in [-0.39, 0.29) is 17.6 Å². The van der Waals surface area contributed by atoms with Gasteiger partial charge in [-0.1, -0.05) is 18.2 Å². The van der Waals surface area contributed by atoms with E-state index in [0.29, 0.717) is 0 Å². The average Bonchev–Trinajstić information content (AvgIpc) is 2.79. The van der Waals surface area contributed by atoms with Gasteiger partial charge in [-0.05, 0) is 57.3 Å². The number of esters is 1. The highest BCUT2D eigenvalue weighted by Gasteiger charge is 2.19. The van der Waals surface area contributed by atoms with Gasteiger partial charge in [0.2, 0.25) is 0 Å². The van der Waals surface area contributed by atoms with Crippen molar-refractivity contribution in [1.82, 2.24) is 4.57 Å². The summed E-state index contributed by atoms with van der Waals surface area (Å²) in [5.74, 6) is -0.263. The lowest BCUT2D eigenvalue weighted by atomic mass is 10.1. The molecule has 1 heterocycles. The summed E-state index contributed by atoms with van der Waals surface area (Å²) in [5, 5.41) is 5.26. The zero-order chi connectivity index (χ0) is 18.2. The van der Waals surface area contributed by atoms with Crippen LogP contribution in [0.25, 0.3) is 21.8 Å². The molecule has 0 amide bonds. The van der Waals surface area contributed by atoms with Gasteiger partial charge in [0.05, 0.1) is 0 Å². The number of hydrogen-bond donors (Lipinski definition) is 2. The second-order valence-electron chi connectivity index (χ2n) is 6.91. The molecule has 5 nitrogen and oxygen atoms in total. The maximum absolute atomic E-state index is 12.3. The highest BCUT2D eigenvalue weighted by Crippen LogP contribution is 2.31. The lowest BCUT2D eigenvalue weighted by Crippen LogP contribution is -2.26. The summed E-state index contributed by atoms with van der Waals surface area (Å²) in [4.78, 5) is 12.3. The van der Waals surface area contributed by atoms with E-state index in [1.54, 1.807) is 0 Å². The van der Waals surface area contributed by atoms with Crippen molar-refractivity contribution in [3.05, 3.63) is 42.5 Å². The maximum atomic E-state index is 12.3. The molecule has 3 aromatic rings. The Hall–Kier alpha value is -2.60. The molecule has 25 heavy (non-hydrogen) atoms. The Bertz CT molecular complexity index is 970. The summed E-state index contributed by atoms with van der Waals surface area (Å²) in [7, 11) is 0. The average molecular weight is 355 g/mol. The quantitative estimate of drug-likeness (QED) is 0.552. The zero-order valence-corrected chi connectivity index (χ0v) is 15.3. The lowest BCUT2D eigenvalue weighted by Gasteiger charge is -2.20. The van der Waals surface area contributed by atoms with Crippen LogP contribution in [0.4, 0.5) is 5.69 Å². The smallest absolute Gasteiger partial charge is 0.326 e. The normalized spacial score (nSPS) is 11.6. The molecule has 3 rings (SSSR count). The first-order chi connectivity index (χ1) is 11.7. The maximum Gasteiger partial charge on any atom is 0.326 e. The first-order valence-corrected chi connectivity index (χ1v) is 8.45. The van der Waals surface area contributed by atoms with Crippen molar-refractivity contribution in [3.63, 3.8) is 0 Å². The molecule has 2 aromatic carbocycles. The van der Waals surface area contributed by atoms with E-state index in [1.807, 2.05) is 67.8 Å². The number of fused-ring (bicyclic) bond motifs is 3. The standard InChI is InChI=1S/C19H21N3O2S/c1-19(2,3)24-17(23)11-22-15-7-5-4-6-13(15)14-10-12(21-18(20)25)8-9-16(14)22/h4-10H,11H2,1-3H3,(H3,20,21,25). The van der Waals surface area contributed by atoms with Crippen LogP contribution in [0.2, 0.25) is 0 Å². The van der Waals surface area contributed by atoms with Gasteiger partial charge in [0.1, 0.15) is 12.1 Å². The predicted molar refractivity (Wildman–Crippen MR) is 106 cm³/mol. The van der Waals surface area contributed by atoms with Gasteiger partial charge in [-0.3, -0.25) is 4.79 Å². The number of hydrogen-bond acceptors (Lipinski definition) is 3. The first-order valence-electron chi connectivity index (χ1n) is 8.04. The number of aromatic nitrogens is 1. The second-order valence-corrected chi connectivity index (χ2v) is 7.35. The van der Waals surface area contributed by atoms with E-state index in [9.17, 15) is 4.79 Å². The van der Waals surface area contributed by atoms with Crippen molar-refractivity contribution in [1.29, 1.82) is 0 Å². The number of para-hydroxylation sites is 1. The van der Waals surface area contributed by atoms with E-state index in [4.69, 9.17) is 22.7 Å². The van der Waals surface area contributed by atoms with Crippen LogP contribution in [-0.4, -0.2) is 21.2 Å². The molecule has 0 saturated carbocycles. The van der Waals surface area contributed by atoms with E-state index >= 15 is 0 Å². The highest BCUT2D eigenvalue weighted by atomic mass is 32.1. The third-order valence-corrected chi connectivity index (χ3v) is 3.85. The summed E-state index contributed by atoms with van der Waals surface area (Å²) in [5.41, 5.74) is 7.82. The summed E-state index contributed by atoms with van der Waals surface area (Å²) >= 11 is 4.91. The van der Waals surface area contributed by atoms with Gasteiger partial charge in [0.25, 0.3) is 0 Å². The molecule has 0 bridgehead atoms. The van der Waals surface area contributed by atoms with Crippen LogP contribution in [-0.2, 0) is 16.1 Å². The van der Waals surface area contributed by atoms with E-state index in [0.717, 1.165) is 27.5 Å². The van der Waals surface area contributed by atoms with E-state index in [1.165, 1.54) is 0 Å². The Kier molecular flexibility index (Phi) is 4.39. The van der Waals surface area contributed by atoms with E-state index < -0.39 is 5.60 Å². The van der Waals surface area contributed by atoms with Crippen molar-refractivity contribution >= 4 is 50.8 Å². The second kappa shape index (κ2) is 6.37. The molecule has 0 atom stereocenters. The summed E-state index contributed by atoms with van der Waals surface area (Å²) < 4.78 is 7.45. The van der Waals surface area contributed by atoms with Crippen LogP contribution in [0.15, 0.2) is 42.5 Å². The molecule has 1 aromatic heterocycles. The number of nitrogens with one attached hydrogen (secondary N) is 1. The first kappa shape index (κ1) is 17.2. The molecule has 0 unspecified atom stereocenters. The van der Waals surface area contributed by atoms with Crippen LogP contribution in [0.1, 0.15) is 20.8 Å². The minimum absolute atomic E-state index is 0.156. The molecule has 0 saturated heterocycles. The van der Waals surface area contributed by atoms with Crippen molar-refractivity contribution in [3.8, 4) is 0 Å². The number of carbonyl (C=O) groups excluding carboxylic acids is 1. The third kappa shape index (κ3) is 3.74. The predicted octanol–water partition coefficient (Wildman–Crippen LogP) is 3.79. The summed E-state index contributed by atoms with van der Waals surface area (Å²) in [6, 6.07) is 13.8. The Morgan fingerprint density at radius 1 is 1.16 bits per heavy atom. The van der Waals surface area contributed by atoms with Gasteiger partial charge < -0.3 is 20.4 Å². The molecule has 0 aliphatic carbocycles. The van der Waals surface area contributed by atoms with Gasteiger partial charge >= 0.3 is 5.97 Å². The molecule has 0 spiro atoms. The fraction of sp³-hybridized carbons (Fsp3) is 0.263. The zero-order valence-electron chi connectivity index (χ0n) is 14.5. The molecule has 130 valence electrons. The van der Waals surface area contributed by atoms with Crippen LogP contribution in [0, 0.1) is 0 Å². The molecule has 0 aliphatic heterocycles. The van der Waals surface area contributed by atoms with E-state index in [2.05, 4.69) is 5.32 Å². The SMILES string of the molecule is CC(C)(C)OC(=O)Cn1c2ccccc2c2cc(NC(N)=S)ccc21. The number of rotatable bonds is 3. The van der Waals surface area contributed by atoms with Gasteiger partial charge in [0.15, 0.2) is 5.11 Å². The topological polar surface area (TPSA) is 69.3 Å². The Labute approximate surface area is 151 Å². The lowest BCUT2D eigenvalue weighted by molar-refractivity contribution is -0.155. The number of nitrogens with two attached hydrogens (primary N) is 1. The third-order valence-electron chi connectivity index (χ3n) is 3.75. The van der Waals surface area contributed by atoms with Gasteiger partial charge in [0, 0.05) is 27.5 Å². The number of anilines is 1. The Balaban J connectivity index is 2.10. The minimum atomic E-state index is -0.510. The highest BCUT2D eigenvalue weighted by molar-refractivity contribution is 7.80. The molecule has 6 heteroatoms. The fourth-order valence-corrected chi connectivity index (χ4v) is 3.06. The summed E-state index contributed by atoms with van der Waals surface area (Å²) in [6.45, 7) is 5.75. The molecule has 3 N–H and O–H groups in total. The monoisotopic (exact) mass is 355 g/mol. The number of nitrogens with zero attached hydrogens (tertiary/aromatic N) is 1. The number of benzene rings is 2. The minimum Gasteiger partial charge on any atom is -0.459 e. The Morgan fingerprint density at radius 3 is 2.52 bits per heavy atom. The number of ether oxygens (including phenoxy) is 1. The van der Waals surface area contributed by atoms with Gasteiger partial charge in [-0.15, -0.1) is 0 Å². The Morgan fingerprint density at radius 2 is 1.84 bits per heavy atom. The number of thiocarbonyl (C=S) groups is 1. The molecular formula is C19H21N3O2S. The van der Waals surface area contributed by atoms with Crippen molar-refractivity contribution in [2.75, 3.05) is 5.32 Å². The van der Waals surface area contributed by atoms with Crippen LogP contribution in [0.3, 0.4) is 0 Å². The van der Waals surface area contributed by atoms with Gasteiger partial charge in [-0.2, -0.15) is 0 Å². The fourth-order valence-electron chi connectivity index (χ4n) is 2.95. The van der Waals surface area contributed by atoms with Crippen LogP contribution >= 0.6 is 12.2 Å². The van der Waals surface area contributed by atoms with Crippen molar-refractivity contribution in [2.24, 2.45) is 5.73 Å². The van der Waals surface area contributed by atoms with Crippen molar-refractivity contribution in [2.45, 2.75) is 32.9 Å². The van der Waals surface area contributed by atoms with Crippen LogP contribution < -0.4 is 11.1 Å².